The zero-order valence-electron chi connectivity index (χ0n) is 13.0. The smallest absolute Gasteiger partial charge is 0.265 e. The van der Waals surface area contributed by atoms with Gasteiger partial charge in [0.25, 0.3) is 10.0 Å². The molecule has 0 bridgehead atoms. The van der Waals surface area contributed by atoms with Crippen molar-refractivity contribution in [3.63, 3.8) is 0 Å². The number of aryl methyl sites for hydroxylation is 1. The van der Waals surface area contributed by atoms with Crippen molar-refractivity contribution < 1.29 is 13.2 Å². The van der Waals surface area contributed by atoms with E-state index in [9.17, 15) is 8.42 Å². The number of sulfonamides is 1. The number of hydrogen-bond acceptors (Lipinski definition) is 6. The molecule has 24 heavy (non-hydrogen) atoms. The van der Waals surface area contributed by atoms with Gasteiger partial charge in [0.1, 0.15) is 10.6 Å². The molecule has 1 N–H and O–H groups in total. The van der Waals surface area contributed by atoms with E-state index in [2.05, 4.69) is 20.2 Å². The Bertz CT molecular complexity index is 969. The fraction of sp³-hybridized carbons (Fsp3) is 0.133. The fourth-order valence-corrected chi connectivity index (χ4v) is 3.44. The van der Waals surface area contributed by atoms with E-state index in [1.54, 1.807) is 49.4 Å². The van der Waals surface area contributed by atoms with Crippen LogP contribution < -0.4 is 9.46 Å². The van der Waals surface area contributed by atoms with Crippen LogP contribution in [-0.4, -0.2) is 35.7 Å². The van der Waals surface area contributed by atoms with Gasteiger partial charge in [-0.15, -0.1) is 5.10 Å². The summed E-state index contributed by atoms with van der Waals surface area (Å²) in [5, 5.41) is 11.3. The zero-order chi connectivity index (χ0) is 17.2. The van der Waals surface area contributed by atoms with Crippen LogP contribution in [0.15, 0.2) is 53.4 Å². The Morgan fingerprint density at radius 3 is 2.62 bits per heavy atom. The highest BCUT2D eigenvalue weighted by atomic mass is 32.2. The van der Waals surface area contributed by atoms with Gasteiger partial charge in [0, 0.05) is 0 Å². The first-order chi connectivity index (χ1) is 11.5. The van der Waals surface area contributed by atoms with Crippen molar-refractivity contribution in [1.29, 1.82) is 0 Å². The second-order valence-electron chi connectivity index (χ2n) is 4.94. The van der Waals surface area contributed by atoms with Crippen LogP contribution in [0.4, 0.5) is 5.69 Å². The largest absolute Gasteiger partial charge is 0.495 e. The molecular weight excluding hydrogens is 330 g/mol. The van der Waals surface area contributed by atoms with E-state index in [-0.39, 0.29) is 10.6 Å². The number of tetrazole rings is 1. The van der Waals surface area contributed by atoms with Crippen LogP contribution in [0.1, 0.15) is 5.82 Å². The predicted octanol–water partition coefficient (Wildman–Crippen LogP) is 1.78. The number of hydrogen-bond donors (Lipinski definition) is 1. The molecule has 0 saturated carbocycles. The highest BCUT2D eigenvalue weighted by molar-refractivity contribution is 7.92. The summed E-state index contributed by atoms with van der Waals surface area (Å²) in [5.41, 5.74) is 1.05. The molecular formula is C15H15N5O3S. The maximum Gasteiger partial charge on any atom is 0.265 e. The van der Waals surface area contributed by atoms with E-state index in [1.165, 1.54) is 17.9 Å². The van der Waals surface area contributed by atoms with Gasteiger partial charge < -0.3 is 4.74 Å². The molecule has 0 unspecified atom stereocenters. The second kappa shape index (κ2) is 6.28. The van der Waals surface area contributed by atoms with Crippen molar-refractivity contribution in [2.45, 2.75) is 11.8 Å². The average molecular weight is 345 g/mol. The number of aromatic nitrogens is 4. The lowest BCUT2D eigenvalue weighted by molar-refractivity contribution is 0.403. The lowest BCUT2D eigenvalue weighted by Crippen LogP contribution is -2.14. The molecule has 0 aliphatic heterocycles. The lowest BCUT2D eigenvalue weighted by Gasteiger charge is -2.12. The highest BCUT2D eigenvalue weighted by Crippen LogP contribution is 2.25. The van der Waals surface area contributed by atoms with Crippen LogP contribution in [-0.2, 0) is 10.0 Å². The summed E-state index contributed by atoms with van der Waals surface area (Å²) in [6.07, 6.45) is 0. The first-order valence-corrected chi connectivity index (χ1v) is 8.51. The maximum atomic E-state index is 12.6. The van der Waals surface area contributed by atoms with E-state index in [4.69, 9.17) is 4.74 Å². The summed E-state index contributed by atoms with van der Waals surface area (Å²) in [7, 11) is -2.36. The summed E-state index contributed by atoms with van der Waals surface area (Å²) < 4.78 is 34.4. The number of anilines is 1. The Morgan fingerprint density at radius 2 is 1.92 bits per heavy atom. The van der Waals surface area contributed by atoms with Crippen molar-refractivity contribution in [3.05, 3.63) is 54.4 Å². The van der Waals surface area contributed by atoms with Crippen molar-refractivity contribution >= 4 is 15.7 Å². The number of ether oxygens (including phenoxy) is 1. The van der Waals surface area contributed by atoms with Crippen molar-refractivity contribution in [2.75, 3.05) is 11.8 Å². The normalized spacial score (nSPS) is 11.2. The molecule has 0 aliphatic rings. The SMILES string of the molecule is COc1ccccc1S(=O)(=O)Nc1cccc(-n2nnnc2C)c1. The zero-order valence-corrected chi connectivity index (χ0v) is 13.9. The van der Waals surface area contributed by atoms with Gasteiger partial charge in [-0.2, -0.15) is 4.68 Å². The minimum Gasteiger partial charge on any atom is -0.495 e. The molecule has 3 rings (SSSR count). The molecule has 9 heteroatoms. The van der Waals surface area contributed by atoms with E-state index < -0.39 is 10.0 Å². The third-order valence-electron chi connectivity index (χ3n) is 3.33. The Labute approximate surface area is 139 Å². The number of nitrogens with one attached hydrogen (secondary N) is 1. The molecule has 2 aromatic carbocycles. The number of benzene rings is 2. The van der Waals surface area contributed by atoms with Crippen LogP contribution in [0, 0.1) is 6.92 Å². The number of rotatable bonds is 5. The Balaban J connectivity index is 1.95. The summed E-state index contributed by atoms with van der Waals surface area (Å²) in [6.45, 7) is 1.76. The van der Waals surface area contributed by atoms with Crippen molar-refractivity contribution in [1.82, 2.24) is 20.2 Å². The van der Waals surface area contributed by atoms with Crippen LogP contribution >= 0.6 is 0 Å². The third-order valence-corrected chi connectivity index (χ3v) is 4.75. The molecule has 3 aromatic rings. The maximum absolute atomic E-state index is 12.6. The average Bonchev–Trinajstić information content (AvgIpc) is 3.01. The first-order valence-electron chi connectivity index (χ1n) is 7.02. The molecule has 0 atom stereocenters. The van der Waals surface area contributed by atoms with E-state index in [0.717, 1.165) is 0 Å². The molecule has 0 fully saturated rings. The van der Waals surface area contributed by atoms with Crippen LogP contribution in [0.2, 0.25) is 0 Å². The van der Waals surface area contributed by atoms with Gasteiger partial charge in [0.2, 0.25) is 0 Å². The summed E-state index contributed by atoms with van der Waals surface area (Å²) in [5.74, 6) is 0.872. The lowest BCUT2D eigenvalue weighted by atomic mass is 10.3. The Kier molecular flexibility index (Phi) is 4.17. The number of methoxy groups -OCH3 is 1. The van der Waals surface area contributed by atoms with Gasteiger partial charge in [0.05, 0.1) is 18.5 Å². The van der Waals surface area contributed by atoms with E-state index in [0.29, 0.717) is 17.2 Å². The number of nitrogens with zero attached hydrogens (tertiary/aromatic N) is 4. The third kappa shape index (κ3) is 3.06. The molecule has 124 valence electrons. The molecule has 0 amide bonds. The quantitative estimate of drug-likeness (QED) is 0.757. The van der Waals surface area contributed by atoms with E-state index in [1.807, 2.05) is 0 Å². The molecule has 0 aliphatic carbocycles. The first kappa shape index (κ1) is 15.9. The standard InChI is InChI=1S/C15H15N5O3S/c1-11-16-18-19-20(11)13-7-5-6-12(10-13)17-24(21,22)15-9-4-3-8-14(15)23-2/h3-10,17H,1-2H3. The molecule has 1 heterocycles. The van der Waals surface area contributed by atoms with Gasteiger partial charge in [-0.25, -0.2) is 8.42 Å². The minimum atomic E-state index is -3.79. The van der Waals surface area contributed by atoms with Gasteiger partial charge in [-0.1, -0.05) is 18.2 Å². The molecule has 0 radical (unpaired) electrons. The predicted molar refractivity (Wildman–Crippen MR) is 87.7 cm³/mol. The molecule has 0 saturated heterocycles. The van der Waals surface area contributed by atoms with Gasteiger partial charge in [0.15, 0.2) is 5.82 Å². The second-order valence-corrected chi connectivity index (χ2v) is 6.60. The molecule has 1 aromatic heterocycles. The molecule has 8 nitrogen and oxygen atoms in total. The number of para-hydroxylation sites is 1. The Morgan fingerprint density at radius 1 is 1.12 bits per heavy atom. The summed E-state index contributed by atoms with van der Waals surface area (Å²) in [6, 6.07) is 13.2. The van der Waals surface area contributed by atoms with E-state index >= 15 is 0 Å². The fourth-order valence-electron chi connectivity index (χ4n) is 2.22. The van der Waals surface area contributed by atoms with Gasteiger partial charge in [-0.3, -0.25) is 4.72 Å². The summed E-state index contributed by atoms with van der Waals surface area (Å²) >= 11 is 0. The van der Waals surface area contributed by atoms with Gasteiger partial charge in [-0.05, 0) is 47.7 Å². The van der Waals surface area contributed by atoms with Crippen molar-refractivity contribution in [2.24, 2.45) is 0 Å². The van der Waals surface area contributed by atoms with Crippen LogP contribution in [0.25, 0.3) is 5.69 Å². The van der Waals surface area contributed by atoms with Crippen molar-refractivity contribution in [3.8, 4) is 11.4 Å². The monoisotopic (exact) mass is 345 g/mol. The highest BCUT2D eigenvalue weighted by Gasteiger charge is 2.19. The Hall–Kier alpha value is -2.94. The van der Waals surface area contributed by atoms with Gasteiger partial charge >= 0.3 is 0 Å². The van der Waals surface area contributed by atoms with Crippen LogP contribution in [0.5, 0.6) is 5.75 Å². The summed E-state index contributed by atoms with van der Waals surface area (Å²) in [4.78, 5) is 0.0662. The minimum absolute atomic E-state index is 0.0662. The van der Waals surface area contributed by atoms with Crippen LogP contribution in [0.3, 0.4) is 0 Å². The molecule has 0 spiro atoms. The topological polar surface area (TPSA) is 99.0 Å².